The predicted octanol–water partition coefficient (Wildman–Crippen LogP) is 11.7. The summed E-state index contributed by atoms with van der Waals surface area (Å²) in [6, 6.07) is 4.13. The Morgan fingerprint density at radius 2 is 1.09 bits per heavy atom. The summed E-state index contributed by atoms with van der Waals surface area (Å²) in [4.78, 5) is 26.7. The monoisotopic (exact) mass is 840 g/mol. The molecule has 1 aliphatic rings. The summed E-state index contributed by atoms with van der Waals surface area (Å²) in [5, 5.41) is 2.86. The van der Waals surface area contributed by atoms with Crippen LogP contribution in [0.2, 0.25) is 0 Å². The van der Waals surface area contributed by atoms with Gasteiger partial charge in [-0.05, 0) is 37.5 Å². The molecule has 1 aromatic carbocycles. The highest BCUT2D eigenvalue weighted by atomic mass is 32.3. The smallest absolute Gasteiger partial charge is 0.397 e. The van der Waals surface area contributed by atoms with E-state index in [2.05, 4.69) is 26.1 Å². The van der Waals surface area contributed by atoms with Crippen LogP contribution < -0.4 is 14.8 Å². The Kier molecular flexibility index (Phi) is 29.7. The highest BCUT2D eigenvalue weighted by molar-refractivity contribution is 7.80. The zero-order valence-electron chi connectivity index (χ0n) is 36.6. The quantitative estimate of drug-likeness (QED) is 0.0377. The molecular weight excluding hydrogens is 759 g/mol. The minimum Gasteiger partial charge on any atom is -0.490 e. The van der Waals surface area contributed by atoms with E-state index < -0.39 is 40.5 Å². The zero-order chi connectivity index (χ0) is 42.1. The Morgan fingerprint density at radius 1 is 0.638 bits per heavy atom. The number of rotatable bonds is 37. The number of carbonyl (C=O) groups excluding carboxylic acids is 2. The van der Waals surface area contributed by atoms with E-state index in [0.717, 1.165) is 51.4 Å². The number of esters is 1. The van der Waals surface area contributed by atoms with Crippen molar-refractivity contribution in [3.63, 3.8) is 0 Å². The molecule has 1 fully saturated rings. The van der Waals surface area contributed by atoms with Gasteiger partial charge in [-0.25, -0.2) is 4.18 Å². The second-order valence-corrected chi connectivity index (χ2v) is 17.3. The molecule has 0 bridgehead atoms. The van der Waals surface area contributed by atoms with Gasteiger partial charge in [-0.15, -0.1) is 0 Å². The molecule has 0 spiro atoms. The molecule has 336 valence electrons. The Bertz CT molecular complexity index is 1310. The maximum absolute atomic E-state index is 13.7. The fourth-order valence-corrected chi connectivity index (χ4v) is 7.87. The number of unbranched alkanes of at least 4 members (excludes halogenated alkanes) is 24. The van der Waals surface area contributed by atoms with Gasteiger partial charge in [0.25, 0.3) is 5.91 Å². The Morgan fingerprint density at radius 3 is 1.57 bits per heavy atom. The first-order valence-corrected chi connectivity index (χ1v) is 24.7. The lowest BCUT2D eigenvalue weighted by atomic mass is 10.0. The van der Waals surface area contributed by atoms with Crippen LogP contribution in [0.5, 0.6) is 11.5 Å². The van der Waals surface area contributed by atoms with Crippen LogP contribution in [0.1, 0.15) is 211 Å². The van der Waals surface area contributed by atoms with Crippen LogP contribution in [0.25, 0.3) is 0 Å². The van der Waals surface area contributed by atoms with Crippen molar-refractivity contribution in [3.8, 4) is 11.5 Å². The molecule has 1 heterocycles. The van der Waals surface area contributed by atoms with Crippen LogP contribution in [0.3, 0.4) is 0 Å². The van der Waals surface area contributed by atoms with Gasteiger partial charge in [-0.3, -0.25) is 14.1 Å². The lowest BCUT2D eigenvalue weighted by molar-refractivity contribution is -0.167. The molecule has 2 N–H and O–H groups in total. The SMILES string of the molecule is CCCCCCCCCCCCCC(=O)O[C@@H]1[C@@H](NC(=O)c2ccc(OCCCCCCCCCC)c(OCCCCCCCCCC)c2)COC[C@H]1OS(=O)(=O)O. The summed E-state index contributed by atoms with van der Waals surface area (Å²) in [6.45, 7) is 7.43. The van der Waals surface area contributed by atoms with Crippen molar-refractivity contribution in [2.45, 2.75) is 219 Å². The number of benzene rings is 1. The third-order valence-corrected chi connectivity index (χ3v) is 11.4. The lowest BCUT2D eigenvalue weighted by Crippen LogP contribution is -2.58. The lowest BCUT2D eigenvalue weighted by Gasteiger charge is -2.36. The molecule has 0 aromatic heterocycles. The average Bonchev–Trinajstić information content (AvgIpc) is 3.19. The minimum absolute atomic E-state index is 0.0466. The predicted molar refractivity (Wildman–Crippen MR) is 232 cm³/mol. The number of ether oxygens (including phenoxy) is 4. The number of hydrogen-bond donors (Lipinski definition) is 2. The van der Waals surface area contributed by atoms with Gasteiger partial charge in [0.15, 0.2) is 17.6 Å². The van der Waals surface area contributed by atoms with Gasteiger partial charge in [0.1, 0.15) is 6.10 Å². The molecule has 11 nitrogen and oxygen atoms in total. The molecular formula is C46H81NO10S. The molecule has 0 aliphatic carbocycles. The minimum atomic E-state index is -4.90. The highest BCUT2D eigenvalue weighted by Gasteiger charge is 2.41. The van der Waals surface area contributed by atoms with Crippen LogP contribution in [0.15, 0.2) is 18.2 Å². The number of carbonyl (C=O) groups is 2. The molecule has 0 saturated carbocycles. The normalized spacial score (nSPS) is 16.9. The highest BCUT2D eigenvalue weighted by Crippen LogP contribution is 2.30. The molecule has 1 aliphatic heterocycles. The Balaban J connectivity index is 2.01. The van der Waals surface area contributed by atoms with E-state index in [9.17, 15) is 22.6 Å². The van der Waals surface area contributed by atoms with Gasteiger partial charge < -0.3 is 24.3 Å². The largest absolute Gasteiger partial charge is 0.490 e. The molecule has 1 saturated heterocycles. The number of hydrogen-bond acceptors (Lipinski definition) is 9. The van der Waals surface area contributed by atoms with Gasteiger partial charge >= 0.3 is 16.4 Å². The molecule has 58 heavy (non-hydrogen) atoms. The van der Waals surface area contributed by atoms with E-state index in [-0.39, 0.29) is 19.6 Å². The van der Waals surface area contributed by atoms with Crippen molar-refractivity contribution in [1.82, 2.24) is 5.32 Å². The second kappa shape index (κ2) is 33.3. The zero-order valence-corrected chi connectivity index (χ0v) is 37.4. The molecule has 1 aromatic rings. The maximum atomic E-state index is 13.7. The van der Waals surface area contributed by atoms with E-state index in [1.54, 1.807) is 18.2 Å². The van der Waals surface area contributed by atoms with Crippen LogP contribution in [-0.4, -0.2) is 69.5 Å². The Hall–Kier alpha value is -2.41. The first-order valence-electron chi connectivity index (χ1n) is 23.3. The van der Waals surface area contributed by atoms with Gasteiger partial charge in [0.2, 0.25) is 0 Å². The summed E-state index contributed by atoms with van der Waals surface area (Å²) in [5.41, 5.74) is 0.300. The second-order valence-electron chi connectivity index (χ2n) is 16.2. The fraction of sp³-hybridized carbons (Fsp3) is 0.826. The first-order chi connectivity index (χ1) is 28.2. The molecule has 1 amide bonds. The van der Waals surface area contributed by atoms with Crippen molar-refractivity contribution in [3.05, 3.63) is 23.8 Å². The van der Waals surface area contributed by atoms with E-state index in [1.165, 1.54) is 116 Å². The van der Waals surface area contributed by atoms with Gasteiger partial charge in [0.05, 0.1) is 32.5 Å². The third kappa shape index (κ3) is 25.3. The number of amides is 1. The summed E-state index contributed by atoms with van der Waals surface area (Å²) in [5.74, 6) is 0.0493. The molecule has 0 radical (unpaired) electrons. The molecule has 0 unspecified atom stereocenters. The molecule has 3 atom stereocenters. The summed E-state index contributed by atoms with van der Waals surface area (Å²) in [7, 11) is -4.90. The third-order valence-electron chi connectivity index (χ3n) is 10.9. The number of nitrogens with one attached hydrogen (secondary N) is 1. The van der Waals surface area contributed by atoms with Crippen LogP contribution in [0.4, 0.5) is 0 Å². The van der Waals surface area contributed by atoms with Crippen molar-refractivity contribution in [1.29, 1.82) is 0 Å². The van der Waals surface area contributed by atoms with Crippen molar-refractivity contribution in [2.24, 2.45) is 0 Å². The van der Waals surface area contributed by atoms with E-state index >= 15 is 0 Å². The van der Waals surface area contributed by atoms with Crippen molar-refractivity contribution in [2.75, 3.05) is 26.4 Å². The van der Waals surface area contributed by atoms with Gasteiger partial charge in [0, 0.05) is 12.0 Å². The summed E-state index contributed by atoms with van der Waals surface area (Å²) in [6.07, 6.45) is 29.1. The average molecular weight is 840 g/mol. The van der Waals surface area contributed by atoms with Crippen LogP contribution in [0, 0.1) is 0 Å². The van der Waals surface area contributed by atoms with Crippen LogP contribution in [-0.2, 0) is 28.9 Å². The maximum Gasteiger partial charge on any atom is 0.397 e. The van der Waals surface area contributed by atoms with E-state index in [0.29, 0.717) is 36.7 Å². The molecule has 12 heteroatoms. The van der Waals surface area contributed by atoms with Crippen molar-refractivity contribution >= 4 is 22.3 Å². The van der Waals surface area contributed by atoms with Crippen molar-refractivity contribution < 1.29 is 45.7 Å². The Labute approximate surface area is 352 Å². The summed E-state index contributed by atoms with van der Waals surface area (Å²) >= 11 is 0. The molecule has 2 rings (SSSR count). The first kappa shape index (κ1) is 51.7. The summed E-state index contributed by atoms with van der Waals surface area (Å²) < 4.78 is 61.5. The topological polar surface area (TPSA) is 147 Å². The van der Waals surface area contributed by atoms with Gasteiger partial charge in [-0.2, -0.15) is 8.42 Å². The van der Waals surface area contributed by atoms with E-state index in [4.69, 9.17) is 23.1 Å². The van der Waals surface area contributed by atoms with E-state index in [1.807, 2.05) is 0 Å². The van der Waals surface area contributed by atoms with Crippen LogP contribution >= 0.6 is 0 Å². The standard InChI is InChI=1S/C46H81NO10S/c1-4-7-10-13-16-19-20-21-22-25-28-31-44(48)56-45-40(37-53-38-43(45)57-58(50,51)52)47-46(49)39-32-33-41(54-34-29-26-23-17-14-11-8-5-2)42(36-39)55-35-30-27-24-18-15-12-9-6-3/h32-33,36,40,43,45H,4-31,34-35,37-38H2,1-3H3,(H,47,49)(H,50,51,52)/t40-,43+,45+/m0/s1. The van der Waals surface area contributed by atoms with Gasteiger partial charge in [-0.1, -0.05) is 175 Å². The fourth-order valence-electron chi connectivity index (χ4n) is 7.39.